The molecule has 1 heterocycles. The van der Waals surface area contributed by atoms with Crippen molar-refractivity contribution in [2.24, 2.45) is 5.41 Å². The minimum atomic E-state index is -1.10. The van der Waals surface area contributed by atoms with Crippen molar-refractivity contribution in [2.75, 3.05) is 20.1 Å². The van der Waals surface area contributed by atoms with Gasteiger partial charge in [-0.05, 0) is 75.5 Å². The highest BCUT2D eigenvalue weighted by molar-refractivity contribution is 5.95. The lowest BCUT2D eigenvalue weighted by Gasteiger charge is -2.37. The van der Waals surface area contributed by atoms with E-state index in [9.17, 15) is 28.8 Å². The normalized spacial score (nSPS) is 19.3. The van der Waals surface area contributed by atoms with Crippen LogP contribution in [0.4, 0.5) is 9.59 Å². The average molecular weight is 749 g/mol. The Bertz CT molecular complexity index is 1670. The topological polar surface area (TPSA) is 175 Å². The van der Waals surface area contributed by atoms with Crippen LogP contribution in [0.5, 0.6) is 0 Å². The first-order chi connectivity index (χ1) is 25.3. The SMILES string of the molecule is C[C@@H](C(=O)N[C@H](C(=O)N1C[C@@H](NC(=O)CNC(=O)OCc2ccccc2)C[C@H]1C(=O)N[C@@H]1CCCc2ccccc21)C(C)(C)C)N(C)C(=O)OC(C)(C)C. The van der Waals surface area contributed by atoms with Gasteiger partial charge in [-0.1, -0.05) is 75.4 Å². The van der Waals surface area contributed by atoms with E-state index in [0.29, 0.717) is 0 Å². The largest absolute Gasteiger partial charge is 0.445 e. The Morgan fingerprint density at radius 1 is 0.926 bits per heavy atom. The fourth-order valence-electron chi connectivity index (χ4n) is 6.56. The first-order valence-corrected chi connectivity index (χ1v) is 18.5. The molecule has 14 nitrogen and oxygen atoms in total. The molecule has 5 atom stereocenters. The summed E-state index contributed by atoms with van der Waals surface area (Å²) in [5, 5.41) is 11.3. The number of aryl methyl sites for hydroxylation is 1. The van der Waals surface area contributed by atoms with Gasteiger partial charge in [-0.15, -0.1) is 0 Å². The van der Waals surface area contributed by atoms with Gasteiger partial charge in [0.1, 0.15) is 36.9 Å². The molecule has 0 bridgehead atoms. The minimum Gasteiger partial charge on any atom is -0.445 e. The molecule has 1 fully saturated rings. The molecule has 2 aliphatic rings. The van der Waals surface area contributed by atoms with Gasteiger partial charge in [0.25, 0.3) is 0 Å². The molecule has 4 rings (SSSR count). The van der Waals surface area contributed by atoms with Crippen molar-refractivity contribution in [2.45, 2.75) is 117 Å². The third-order valence-corrected chi connectivity index (χ3v) is 9.59. The monoisotopic (exact) mass is 748 g/mol. The second-order valence-electron chi connectivity index (χ2n) is 16.1. The number of carbonyl (C=O) groups excluding carboxylic acids is 6. The van der Waals surface area contributed by atoms with Crippen molar-refractivity contribution < 1.29 is 38.2 Å². The van der Waals surface area contributed by atoms with Gasteiger partial charge < -0.3 is 35.6 Å². The molecule has 6 amide bonds. The van der Waals surface area contributed by atoms with Crippen LogP contribution in [0.15, 0.2) is 54.6 Å². The Kier molecular flexibility index (Phi) is 13.7. The van der Waals surface area contributed by atoms with Crippen molar-refractivity contribution in [1.29, 1.82) is 0 Å². The predicted molar refractivity (Wildman–Crippen MR) is 202 cm³/mol. The standard InChI is InChI=1S/C40H56N6O8/c1-25(45(8)38(52)54-40(5,6)7)34(48)44-33(39(2,3)4)36(50)46-23-28(42-32(47)22-41-37(51)53-24-26-15-10-9-11-16-26)21-31(46)35(49)43-30-20-14-18-27-17-12-13-19-29(27)30/h9-13,15-17,19,25,28,30-31,33H,14,18,20-24H2,1-8H3,(H,41,51)(H,42,47)(H,43,49)(H,44,48)/t25-,28-,30+,31-,33+/m0/s1. The molecular formula is C40H56N6O8. The highest BCUT2D eigenvalue weighted by Crippen LogP contribution is 2.31. The molecule has 1 aliphatic heterocycles. The Balaban J connectivity index is 1.49. The third kappa shape index (κ3) is 11.4. The highest BCUT2D eigenvalue weighted by Gasteiger charge is 2.46. The fraction of sp³-hybridized carbons (Fsp3) is 0.550. The van der Waals surface area contributed by atoms with E-state index in [1.807, 2.05) is 54.6 Å². The summed E-state index contributed by atoms with van der Waals surface area (Å²) in [5.74, 6) is -1.98. The predicted octanol–water partition coefficient (Wildman–Crippen LogP) is 3.98. The quantitative estimate of drug-likeness (QED) is 0.267. The number of alkyl carbamates (subject to hydrolysis) is 1. The number of fused-ring (bicyclic) bond motifs is 1. The second kappa shape index (κ2) is 17.8. The third-order valence-electron chi connectivity index (χ3n) is 9.59. The lowest BCUT2D eigenvalue weighted by atomic mass is 9.85. The Labute approximate surface area is 318 Å². The molecule has 294 valence electrons. The summed E-state index contributed by atoms with van der Waals surface area (Å²) in [6.45, 7) is 11.7. The lowest BCUT2D eigenvalue weighted by molar-refractivity contribution is -0.144. The van der Waals surface area contributed by atoms with Gasteiger partial charge >= 0.3 is 12.2 Å². The number of nitrogens with one attached hydrogen (secondary N) is 4. The summed E-state index contributed by atoms with van der Waals surface area (Å²) in [5.41, 5.74) is 1.40. The average Bonchev–Trinajstić information content (AvgIpc) is 3.54. The summed E-state index contributed by atoms with van der Waals surface area (Å²) in [6, 6.07) is 13.1. The van der Waals surface area contributed by atoms with Gasteiger partial charge in [0.05, 0.1) is 6.04 Å². The molecule has 54 heavy (non-hydrogen) atoms. The number of ether oxygens (including phenoxy) is 2. The number of amides is 6. The fourth-order valence-corrected chi connectivity index (χ4v) is 6.56. The second-order valence-corrected chi connectivity index (χ2v) is 16.1. The van der Waals surface area contributed by atoms with E-state index in [1.165, 1.54) is 18.9 Å². The highest BCUT2D eigenvalue weighted by atomic mass is 16.6. The Hall–Kier alpha value is -5.14. The summed E-state index contributed by atoms with van der Waals surface area (Å²) in [7, 11) is 1.45. The summed E-state index contributed by atoms with van der Waals surface area (Å²) in [4.78, 5) is 82.8. The first kappa shape index (κ1) is 41.6. The molecular weight excluding hydrogens is 692 g/mol. The van der Waals surface area contributed by atoms with Crippen LogP contribution in [-0.4, -0.2) is 95.5 Å². The van der Waals surface area contributed by atoms with Crippen LogP contribution in [-0.2, 0) is 41.7 Å². The van der Waals surface area contributed by atoms with E-state index in [-0.39, 0.29) is 38.1 Å². The van der Waals surface area contributed by atoms with Crippen molar-refractivity contribution in [1.82, 2.24) is 31.1 Å². The van der Waals surface area contributed by atoms with Crippen molar-refractivity contribution in [3.63, 3.8) is 0 Å². The molecule has 0 saturated carbocycles. The van der Waals surface area contributed by atoms with Crippen molar-refractivity contribution in [3.8, 4) is 0 Å². The van der Waals surface area contributed by atoms with Crippen molar-refractivity contribution >= 4 is 35.8 Å². The van der Waals surface area contributed by atoms with E-state index >= 15 is 0 Å². The lowest BCUT2D eigenvalue weighted by Crippen LogP contribution is -2.60. The number of rotatable bonds is 11. The molecule has 14 heteroatoms. The van der Waals surface area contributed by atoms with Crippen LogP contribution in [0.1, 0.15) is 90.5 Å². The first-order valence-electron chi connectivity index (χ1n) is 18.5. The molecule has 2 aromatic rings. The van der Waals surface area contributed by atoms with Crippen LogP contribution < -0.4 is 21.3 Å². The van der Waals surface area contributed by atoms with Gasteiger partial charge in [0.2, 0.25) is 23.6 Å². The number of likely N-dealkylation sites (tertiary alicyclic amines) is 1. The van der Waals surface area contributed by atoms with Gasteiger partial charge in [-0.2, -0.15) is 0 Å². The van der Waals surface area contributed by atoms with Crippen LogP contribution in [0, 0.1) is 5.41 Å². The van der Waals surface area contributed by atoms with Crippen LogP contribution in [0.2, 0.25) is 0 Å². The zero-order valence-corrected chi connectivity index (χ0v) is 32.7. The summed E-state index contributed by atoms with van der Waals surface area (Å²) >= 11 is 0. The Morgan fingerprint density at radius 2 is 1.59 bits per heavy atom. The molecule has 0 aromatic heterocycles. The summed E-state index contributed by atoms with van der Waals surface area (Å²) in [6.07, 6.45) is 1.19. The van der Waals surface area contributed by atoms with Gasteiger partial charge in [-0.25, -0.2) is 9.59 Å². The molecule has 1 aliphatic carbocycles. The Morgan fingerprint density at radius 3 is 2.26 bits per heavy atom. The summed E-state index contributed by atoms with van der Waals surface area (Å²) < 4.78 is 10.6. The van der Waals surface area contributed by atoms with Gasteiger partial charge in [0.15, 0.2) is 0 Å². The zero-order chi connectivity index (χ0) is 39.8. The van der Waals surface area contributed by atoms with E-state index in [0.717, 1.165) is 40.9 Å². The molecule has 2 aromatic carbocycles. The van der Waals surface area contributed by atoms with E-state index in [1.54, 1.807) is 41.5 Å². The molecule has 4 N–H and O–H groups in total. The zero-order valence-electron chi connectivity index (χ0n) is 32.7. The molecule has 0 unspecified atom stereocenters. The number of likely N-dealkylation sites (N-methyl/N-ethyl adjacent to an activating group) is 1. The molecule has 0 radical (unpaired) electrons. The van der Waals surface area contributed by atoms with Crippen LogP contribution in [0.3, 0.4) is 0 Å². The van der Waals surface area contributed by atoms with Gasteiger partial charge in [0, 0.05) is 19.6 Å². The van der Waals surface area contributed by atoms with E-state index in [2.05, 4.69) is 21.3 Å². The number of benzene rings is 2. The van der Waals surface area contributed by atoms with E-state index in [4.69, 9.17) is 9.47 Å². The maximum Gasteiger partial charge on any atom is 0.410 e. The molecule has 1 saturated heterocycles. The van der Waals surface area contributed by atoms with Crippen LogP contribution >= 0.6 is 0 Å². The number of hydrogen-bond donors (Lipinski definition) is 4. The van der Waals surface area contributed by atoms with Crippen LogP contribution in [0.25, 0.3) is 0 Å². The minimum absolute atomic E-state index is 0.0157. The maximum atomic E-state index is 14.5. The molecule has 0 spiro atoms. The smallest absolute Gasteiger partial charge is 0.410 e. The number of carbonyl (C=O) groups is 6. The maximum absolute atomic E-state index is 14.5. The van der Waals surface area contributed by atoms with E-state index < -0.39 is 65.1 Å². The number of hydrogen-bond acceptors (Lipinski definition) is 8. The van der Waals surface area contributed by atoms with Gasteiger partial charge in [-0.3, -0.25) is 24.1 Å². The number of nitrogens with zero attached hydrogens (tertiary/aromatic N) is 2. The van der Waals surface area contributed by atoms with Crippen molar-refractivity contribution in [3.05, 3.63) is 71.3 Å².